The van der Waals surface area contributed by atoms with Gasteiger partial charge in [0.05, 0.1) is 17.1 Å². The molecule has 1 aromatic heterocycles. The first kappa shape index (κ1) is 13.5. The number of aromatic nitrogens is 2. The maximum Gasteiger partial charge on any atom is 0.240 e. The molecule has 102 valence electrons. The van der Waals surface area contributed by atoms with E-state index in [-0.39, 0.29) is 11.3 Å². The fraction of sp³-hybridized carbons (Fsp3) is 0.429. The number of benzene rings is 1. The Morgan fingerprint density at radius 3 is 2.68 bits per heavy atom. The molecule has 0 radical (unpaired) electrons. The first-order valence-electron chi connectivity index (χ1n) is 6.34. The lowest BCUT2D eigenvalue weighted by Gasteiger charge is -2.13. The Bertz CT molecular complexity index is 607. The molecule has 1 amide bonds. The van der Waals surface area contributed by atoms with Crippen LogP contribution in [0.3, 0.4) is 0 Å². The van der Waals surface area contributed by atoms with Crippen LogP contribution in [-0.2, 0) is 10.2 Å². The number of nitrogens with zero attached hydrogens (tertiary/aromatic N) is 1. The molecule has 0 aliphatic heterocycles. The highest BCUT2D eigenvalue weighted by molar-refractivity contribution is 5.96. The molecule has 5 nitrogen and oxygen atoms in total. The first-order valence-corrected chi connectivity index (χ1v) is 6.34. The van der Waals surface area contributed by atoms with Crippen molar-refractivity contribution in [2.45, 2.75) is 39.2 Å². The van der Waals surface area contributed by atoms with E-state index in [1.165, 1.54) is 0 Å². The number of fused-ring (bicyclic) bond motifs is 1. The minimum Gasteiger partial charge on any atom is -0.341 e. The van der Waals surface area contributed by atoms with Crippen molar-refractivity contribution in [3.05, 3.63) is 24.0 Å². The van der Waals surface area contributed by atoms with Crippen molar-refractivity contribution in [2.75, 3.05) is 5.32 Å². The number of anilines is 1. The van der Waals surface area contributed by atoms with E-state index in [0.29, 0.717) is 0 Å². The molecular formula is C14H20N4O. The van der Waals surface area contributed by atoms with Crippen LogP contribution in [0.15, 0.2) is 18.2 Å². The van der Waals surface area contributed by atoms with Crippen LogP contribution in [0.5, 0.6) is 0 Å². The van der Waals surface area contributed by atoms with Crippen LogP contribution in [0.2, 0.25) is 0 Å². The molecule has 1 aromatic carbocycles. The Morgan fingerprint density at radius 1 is 1.42 bits per heavy atom. The highest BCUT2D eigenvalue weighted by atomic mass is 16.2. The van der Waals surface area contributed by atoms with E-state index in [0.717, 1.165) is 22.5 Å². The summed E-state index contributed by atoms with van der Waals surface area (Å²) in [5.41, 5.74) is 8.02. The minimum absolute atomic E-state index is 0.0335. The van der Waals surface area contributed by atoms with Crippen molar-refractivity contribution >= 4 is 22.6 Å². The summed E-state index contributed by atoms with van der Waals surface area (Å²) in [5.74, 6) is 0.730. The number of H-pyrrole nitrogens is 1. The van der Waals surface area contributed by atoms with E-state index in [1.807, 2.05) is 18.2 Å². The van der Waals surface area contributed by atoms with Crippen molar-refractivity contribution < 1.29 is 4.79 Å². The van der Waals surface area contributed by atoms with Crippen LogP contribution in [0, 0.1) is 0 Å². The van der Waals surface area contributed by atoms with E-state index in [4.69, 9.17) is 5.73 Å². The average Bonchev–Trinajstić information content (AvgIpc) is 2.71. The topological polar surface area (TPSA) is 83.8 Å². The summed E-state index contributed by atoms with van der Waals surface area (Å²) in [5, 5.41) is 2.77. The molecule has 19 heavy (non-hydrogen) atoms. The van der Waals surface area contributed by atoms with Gasteiger partial charge in [-0.3, -0.25) is 4.79 Å². The number of carbonyl (C=O) groups excluding carboxylic acids is 1. The summed E-state index contributed by atoms with van der Waals surface area (Å²) >= 11 is 0. The first-order chi connectivity index (χ1) is 8.77. The zero-order chi connectivity index (χ0) is 14.2. The number of aromatic amines is 1. The SMILES string of the molecule is CC(N)C(=O)Nc1ccc2nc(C(C)(C)C)[nH]c2c1. The molecule has 4 N–H and O–H groups in total. The quantitative estimate of drug-likeness (QED) is 0.773. The second-order valence-electron chi connectivity index (χ2n) is 5.85. The molecule has 1 heterocycles. The smallest absolute Gasteiger partial charge is 0.240 e. The van der Waals surface area contributed by atoms with E-state index in [9.17, 15) is 4.79 Å². The number of rotatable bonds is 2. The summed E-state index contributed by atoms with van der Waals surface area (Å²) in [6.45, 7) is 7.96. The van der Waals surface area contributed by atoms with Crippen LogP contribution < -0.4 is 11.1 Å². The van der Waals surface area contributed by atoms with Crippen LogP contribution in [0.4, 0.5) is 5.69 Å². The number of imidazole rings is 1. The second kappa shape index (κ2) is 4.66. The van der Waals surface area contributed by atoms with E-state index in [2.05, 4.69) is 36.1 Å². The van der Waals surface area contributed by atoms with Crippen LogP contribution in [-0.4, -0.2) is 21.9 Å². The molecule has 1 atom stereocenters. The van der Waals surface area contributed by atoms with Gasteiger partial charge < -0.3 is 16.0 Å². The Hall–Kier alpha value is -1.88. The number of hydrogen-bond acceptors (Lipinski definition) is 3. The molecule has 2 aromatic rings. The summed E-state index contributed by atoms with van der Waals surface area (Å²) < 4.78 is 0. The van der Waals surface area contributed by atoms with Crippen LogP contribution >= 0.6 is 0 Å². The van der Waals surface area contributed by atoms with Gasteiger partial charge in [-0.1, -0.05) is 20.8 Å². The van der Waals surface area contributed by atoms with Crippen molar-refractivity contribution in [1.29, 1.82) is 0 Å². The third kappa shape index (κ3) is 2.93. The molecule has 0 saturated carbocycles. The van der Waals surface area contributed by atoms with Gasteiger partial charge >= 0.3 is 0 Å². The van der Waals surface area contributed by atoms with E-state index >= 15 is 0 Å². The van der Waals surface area contributed by atoms with Gasteiger partial charge in [-0.2, -0.15) is 0 Å². The molecule has 5 heteroatoms. The lowest BCUT2D eigenvalue weighted by Crippen LogP contribution is -2.32. The van der Waals surface area contributed by atoms with E-state index in [1.54, 1.807) is 6.92 Å². The molecule has 1 unspecified atom stereocenters. The van der Waals surface area contributed by atoms with Gasteiger partial charge in [-0.15, -0.1) is 0 Å². The van der Waals surface area contributed by atoms with Crippen molar-refractivity contribution in [3.8, 4) is 0 Å². The van der Waals surface area contributed by atoms with Crippen molar-refractivity contribution in [2.24, 2.45) is 5.73 Å². The largest absolute Gasteiger partial charge is 0.341 e. The third-order valence-corrected chi connectivity index (χ3v) is 2.87. The van der Waals surface area contributed by atoms with Gasteiger partial charge in [0.15, 0.2) is 0 Å². The predicted octanol–water partition coefficient (Wildman–Crippen LogP) is 2.15. The van der Waals surface area contributed by atoms with Gasteiger partial charge in [0.1, 0.15) is 5.82 Å². The maximum absolute atomic E-state index is 11.6. The molecule has 0 aliphatic carbocycles. The highest BCUT2D eigenvalue weighted by Crippen LogP contribution is 2.24. The predicted molar refractivity (Wildman–Crippen MR) is 77.1 cm³/mol. The fourth-order valence-electron chi connectivity index (χ4n) is 1.70. The molecule has 0 spiro atoms. The third-order valence-electron chi connectivity index (χ3n) is 2.87. The van der Waals surface area contributed by atoms with E-state index < -0.39 is 6.04 Å². The van der Waals surface area contributed by atoms with Gasteiger partial charge in [-0.25, -0.2) is 4.98 Å². The zero-order valence-corrected chi connectivity index (χ0v) is 11.7. The molecule has 0 saturated heterocycles. The number of hydrogen-bond donors (Lipinski definition) is 3. The monoisotopic (exact) mass is 260 g/mol. The molecule has 0 fully saturated rings. The van der Waals surface area contributed by atoms with Gasteiger partial charge in [0.2, 0.25) is 5.91 Å². The molecule has 0 aliphatic rings. The lowest BCUT2D eigenvalue weighted by atomic mass is 9.96. The fourth-order valence-corrected chi connectivity index (χ4v) is 1.70. The number of nitrogens with one attached hydrogen (secondary N) is 2. The Morgan fingerprint density at radius 2 is 2.11 bits per heavy atom. The number of carbonyl (C=O) groups is 1. The Labute approximate surface area is 112 Å². The normalized spacial score (nSPS) is 13.5. The summed E-state index contributed by atoms with van der Waals surface area (Å²) in [7, 11) is 0. The number of amides is 1. The van der Waals surface area contributed by atoms with Crippen molar-refractivity contribution in [1.82, 2.24) is 9.97 Å². The number of nitrogens with two attached hydrogens (primary N) is 1. The minimum atomic E-state index is -0.525. The van der Waals surface area contributed by atoms with Crippen LogP contribution in [0.25, 0.3) is 11.0 Å². The molecule has 0 bridgehead atoms. The lowest BCUT2D eigenvalue weighted by molar-refractivity contribution is -0.117. The average molecular weight is 260 g/mol. The highest BCUT2D eigenvalue weighted by Gasteiger charge is 2.18. The zero-order valence-electron chi connectivity index (χ0n) is 11.7. The maximum atomic E-state index is 11.6. The summed E-state index contributed by atoms with van der Waals surface area (Å²) in [6.07, 6.45) is 0. The van der Waals surface area contributed by atoms with Gasteiger partial charge in [0.25, 0.3) is 0 Å². The molecule has 2 rings (SSSR count). The Kier molecular flexibility index (Phi) is 3.32. The summed E-state index contributed by atoms with van der Waals surface area (Å²) in [4.78, 5) is 19.4. The van der Waals surface area contributed by atoms with Crippen molar-refractivity contribution in [3.63, 3.8) is 0 Å². The summed E-state index contributed by atoms with van der Waals surface area (Å²) in [6, 6.07) is 5.06. The van der Waals surface area contributed by atoms with Gasteiger partial charge in [0, 0.05) is 11.1 Å². The van der Waals surface area contributed by atoms with Gasteiger partial charge in [-0.05, 0) is 25.1 Å². The molecular weight excluding hydrogens is 240 g/mol. The van der Waals surface area contributed by atoms with Crippen LogP contribution in [0.1, 0.15) is 33.5 Å². The second-order valence-corrected chi connectivity index (χ2v) is 5.85. The standard InChI is InChI=1S/C14H20N4O/c1-8(15)12(19)16-9-5-6-10-11(7-9)18-13(17-10)14(2,3)4/h5-8H,15H2,1-4H3,(H,16,19)(H,17,18). The Balaban J connectivity index is 2.33.